The molecular weight excluding hydrogens is 234 g/mol. The number of hydrogen-bond donors (Lipinski definition) is 1. The molecule has 1 unspecified atom stereocenters. The molecule has 0 spiro atoms. The van der Waals surface area contributed by atoms with Crippen LogP contribution >= 0.6 is 11.6 Å². The molecule has 0 aliphatic carbocycles. The molecule has 0 aliphatic rings. The Kier molecular flexibility index (Phi) is 3.87. The largest absolute Gasteiger partial charge is 0.468 e. The standard InChI is InChI=1S/C14H16ClNO/c1-10(12-5-3-6-13(15)9-12)16-11(2)14-7-4-8-17-14/h3-11,16H,1-2H3/t10?,11-/m1/s1. The van der Waals surface area contributed by atoms with Crippen LogP contribution < -0.4 is 5.32 Å². The van der Waals surface area contributed by atoms with Gasteiger partial charge in [-0.05, 0) is 43.7 Å². The molecular formula is C14H16ClNO. The first-order valence-corrected chi connectivity index (χ1v) is 6.09. The molecule has 3 heteroatoms. The van der Waals surface area contributed by atoms with Gasteiger partial charge in [-0.15, -0.1) is 0 Å². The topological polar surface area (TPSA) is 25.2 Å². The van der Waals surface area contributed by atoms with Gasteiger partial charge in [-0.2, -0.15) is 0 Å². The maximum atomic E-state index is 5.98. The lowest BCUT2D eigenvalue weighted by atomic mass is 10.1. The van der Waals surface area contributed by atoms with Crippen LogP contribution in [-0.4, -0.2) is 0 Å². The molecule has 0 amide bonds. The number of benzene rings is 1. The Morgan fingerprint density at radius 2 is 1.94 bits per heavy atom. The third-order valence-corrected chi connectivity index (χ3v) is 3.05. The van der Waals surface area contributed by atoms with E-state index in [9.17, 15) is 0 Å². The number of hydrogen-bond acceptors (Lipinski definition) is 2. The van der Waals surface area contributed by atoms with E-state index in [-0.39, 0.29) is 12.1 Å². The average molecular weight is 250 g/mol. The summed E-state index contributed by atoms with van der Waals surface area (Å²) in [5.41, 5.74) is 1.18. The quantitative estimate of drug-likeness (QED) is 0.872. The number of furan rings is 1. The molecule has 1 aromatic heterocycles. The highest BCUT2D eigenvalue weighted by Crippen LogP contribution is 2.21. The van der Waals surface area contributed by atoms with Crippen LogP contribution in [-0.2, 0) is 0 Å². The van der Waals surface area contributed by atoms with Crippen molar-refractivity contribution < 1.29 is 4.42 Å². The van der Waals surface area contributed by atoms with Gasteiger partial charge in [0.15, 0.2) is 0 Å². The van der Waals surface area contributed by atoms with Gasteiger partial charge < -0.3 is 9.73 Å². The van der Waals surface area contributed by atoms with Crippen molar-refractivity contribution in [3.63, 3.8) is 0 Å². The maximum absolute atomic E-state index is 5.98. The van der Waals surface area contributed by atoms with Crippen LogP contribution in [0.5, 0.6) is 0 Å². The summed E-state index contributed by atoms with van der Waals surface area (Å²) in [6, 6.07) is 12.2. The van der Waals surface area contributed by atoms with Gasteiger partial charge in [-0.1, -0.05) is 23.7 Å². The maximum Gasteiger partial charge on any atom is 0.120 e. The summed E-state index contributed by atoms with van der Waals surface area (Å²) in [4.78, 5) is 0. The zero-order valence-corrected chi connectivity index (χ0v) is 10.7. The summed E-state index contributed by atoms with van der Waals surface area (Å²) in [6.45, 7) is 4.20. The molecule has 1 N–H and O–H groups in total. The van der Waals surface area contributed by atoms with Crippen LogP contribution in [0.2, 0.25) is 5.02 Å². The average Bonchev–Trinajstić information content (AvgIpc) is 2.82. The smallest absolute Gasteiger partial charge is 0.120 e. The molecule has 2 aromatic rings. The zero-order chi connectivity index (χ0) is 12.3. The predicted molar refractivity (Wildman–Crippen MR) is 70.1 cm³/mol. The van der Waals surface area contributed by atoms with E-state index < -0.39 is 0 Å². The van der Waals surface area contributed by atoms with E-state index in [2.05, 4.69) is 25.2 Å². The first-order valence-electron chi connectivity index (χ1n) is 5.71. The van der Waals surface area contributed by atoms with E-state index in [1.165, 1.54) is 5.56 Å². The van der Waals surface area contributed by atoms with Gasteiger partial charge >= 0.3 is 0 Å². The fraction of sp³-hybridized carbons (Fsp3) is 0.286. The second-order valence-corrected chi connectivity index (χ2v) is 4.62. The first kappa shape index (κ1) is 12.2. The molecule has 0 fully saturated rings. The van der Waals surface area contributed by atoms with Crippen molar-refractivity contribution in [3.05, 3.63) is 59.0 Å². The summed E-state index contributed by atoms with van der Waals surface area (Å²) in [6.07, 6.45) is 1.69. The summed E-state index contributed by atoms with van der Waals surface area (Å²) >= 11 is 5.98. The van der Waals surface area contributed by atoms with E-state index in [1.807, 2.05) is 30.3 Å². The zero-order valence-electron chi connectivity index (χ0n) is 9.98. The predicted octanol–water partition coefficient (Wildman–Crippen LogP) is 4.34. The number of halogens is 1. The van der Waals surface area contributed by atoms with Crippen molar-refractivity contribution in [2.45, 2.75) is 25.9 Å². The molecule has 1 aromatic carbocycles. The normalized spacial score (nSPS) is 14.5. The van der Waals surface area contributed by atoms with Gasteiger partial charge in [0.2, 0.25) is 0 Å². The SMILES string of the molecule is CC(N[C@H](C)c1ccco1)c1cccc(Cl)c1. The van der Waals surface area contributed by atoms with Crippen LogP contribution in [0.1, 0.15) is 37.3 Å². The fourth-order valence-corrected chi connectivity index (χ4v) is 2.07. The Balaban J connectivity index is 2.04. The van der Waals surface area contributed by atoms with Gasteiger partial charge in [0.05, 0.1) is 12.3 Å². The molecule has 17 heavy (non-hydrogen) atoms. The van der Waals surface area contributed by atoms with E-state index >= 15 is 0 Å². The summed E-state index contributed by atoms with van der Waals surface area (Å²) in [5, 5.41) is 4.24. The first-order chi connectivity index (χ1) is 8.16. The highest BCUT2D eigenvalue weighted by molar-refractivity contribution is 6.30. The minimum Gasteiger partial charge on any atom is -0.468 e. The lowest BCUT2D eigenvalue weighted by molar-refractivity contribution is 0.403. The van der Waals surface area contributed by atoms with E-state index in [4.69, 9.17) is 16.0 Å². The molecule has 2 nitrogen and oxygen atoms in total. The molecule has 0 radical (unpaired) electrons. The fourth-order valence-electron chi connectivity index (χ4n) is 1.87. The Hall–Kier alpha value is -1.25. The molecule has 0 bridgehead atoms. The van der Waals surface area contributed by atoms with Crippen molar-refractivity contribution in [2.24, 2.45) is 0 Å². The monoisotopic (exact) mass is 249 g/mol. The van der Waals surface area contributed by atoms with Gasteiger partial charge in [0.25, 0.3) is 0 Å². The number of rotatable bonds is 4. The number of nitrogens with one attached hydrogen (secondary N) is 1. The molecule has 0 saturated carbocycles. The Morgan fingerprint density at radius 1 is 1.12 bits per heavy atom. The third kappa shape index (κ3) is 3.11. The third-order valence-electron chi connectivity index (χ3n) is 2.82. The molecule has 1 heterocycles. The Bertz CT molecular complexity index is 467. The molecule has 0 saturated heterocycles. The summed E-state index contributed by atoms with van der Waals surface area (Å²) in [7, 11) is 0. The van der Waals surface area contributed by atoms with E-state index in [0.29, 0.717) is 0 Å². The van der Waals surface area contributed by atoms with Crippen molar-refractivity contribution in [1.82, 2.24) is 5.32 Å². The van der Waals surface area contributed by atoms with E-state index in [0.717, 1.165) is 10.8 Å². The molecule has 0 aliphatic heterocycles. The van der Waals surface area contributed by atoms with Crippen LogP contribution in [0.3, 0.4) is 0 Å². The highest BCUT2D eigenvalue weighted by Gasteiger charge is 2.12. The highest BCUT2D eigenvalue weighted by atomic mass is 35.5. The Labute approximate surface area is 107 Å². The van der Waals surface area contributed by atoms with Crippen molar-refractivity contribution >= 4 is 11.6 Å². The summed E-state index contributed by atoms with van der Waals surface area (Å²) < 4.78 is 5.37. The minimum absolute atomic E-state index is 0.180. The lowest BCUT2D eigenvalue weighted by Gasteiger charge is -2.19. The Morgan fingerprint density at radius 3 is 2.59 bits per heavy atom. The lowest BCUT2D eigenvalue weighted by Crippen LogP contribution is -2.22. The molecule has 2 rings (SSSR count). The minimum atomic E-state index is 0.180. The van der Waals surface area contributed by atoms with Gasteiger partial charge in [0.1, 0.15) is 5.76 Å². The molecule has 2 atom stereocenters. The van der Waals surface area contributed by atoms with Crippen LogP contribution in [0, 0.1) is 0 Å². The van der Waals surface area contributed by atoms with Crippen molar-refractivity contribution in [3.8, 4) is 0 Å². The van der Waals surface area contributed by atoms with Gasteiger partial charge in [0, 0.05) is 11.1 Å². The van der Waals surface area contributed by atoms with Crippen molar-refractivity contribution in [2.75, 3.05) is 0 Å². The van der Waals surface area contributed by atoms with Gasteiger partial charge in [-0.25, -0.2) is 0 Å². The van der Waals surface area contributed by atoms with Crippen molar-refractivity contribution in [1.29, 1.82) is 0 Å². The summed E-state index contributed by atoms with van der Waals surface area (Å²) in [5.74, 6) is 0.943. The van der Waals surface area contributed by atoms with Gasteiger partial charge in [-0.3, -0.25) is 0 Å². The van der Waals surface area contributed by atoms with Crippen LogP contribution in [0.25, 0.3) is 0 Å². The second-order valence-electron chi connectivity index (χ2n) is 4.18. The molecule has 90 valence electrons. The van der Waals surface area contributed by atoms with E-state index in [1.54, 1.807) is 6.26 Å². The second kappa shape index (κ2) is 5.39. The van der Waals surface area contributed by atoms with Crippen LogP contribution in [0.15, 0.2) is 47.1 Å². The van der Waals surface area contributed by atoms with Crippen LogP contribution in [0.4, 0.5) is 0 Å².